The van der Waals surface area contributed by atoms with Gasteiger partial charge in [-0.05, 0) is 41.1 Å². The summed E-state index contributed by atoms with van der Waals surface area (Å²) in [6, 6.07) is 13.5. The van der Waals surface area contributed by atoms with Crippen LogP contribution >= 0.6 is 11.6 Å². The van der Waals surface area contributed by atoms with Crippen LogP contribution in [-0.4, -0.2) is 29.8 Å². The third kappa shape index (κ3) is 3.41. The number of nitrogens with one attached hydrogen (secondary N) is 1. The zero-order valence-electron chi connectivity index (χ0n) is 15.3. The number of ether oxygens (including phenoxy) is 1. The lowest BCUT2D eigenvalue weighted by Gasteiger charge is -2.12. The van der Waals surface area contributed by atoms with Gasteiger partial charge in [-0.1, -0.05) is 35.9 Å². The fourth-order valence-corrected chi connectivity index (χ4v) is 3.03. The van der Waals surface area contributed by atoms with E-state index in [4.69, 9.17) is 16.3 Å². The molecule has 0 spiro atoms. The quantitative estimate of drug-likeness (QED) is 0.560. The number of H-pyrrole nitrogens is 1. The second-order valence-electron chi connectivity index (χ2n) is 6.31. The normalized spacial score (nSPS) is 11.0. The van der Waals surface area contributed by atoms with E-state index in [9.17, 15) is 4.79 Å². The summed E-state index contributed by atoms with van der Waals surface area (Å²) in [6.45, 7) is 2.18. The van der Waals surface area contributed by atoms with Crippen molar-refractivity contribution in [2.24, 2.45) is 7.05 Å². The van der Waals surface area contributed by atoms with Crippen molar-refractivity contribution in [3.63, 3.8) is 0 Å². The first-order chi connectivity index (χ1) is 13.5. The fraction of sp³-hybridized carbons (Fsp3) is 0.158. The van der Waals surface area contributed by atoms with Gasteiger partial charge in [0, 0.05) is 29.4 Å². The number of aryl methyl sites for hydroxylation is 2. The zero-order valence-corrected chi connectivity index (χ0v) is 16.0. The smallest absolute Gasteiger partial charge is 0.365 e. The van der Waals surface area contributed by atoms with E-state index in [0.717, 1.165) is 22.4 Å². The monoisotopic (exact) mass is 396 g/mol. The number of hydrogen-bond donors (Lipinski definition) is 1. The van der Waals surface area contributed by atoms with E-state index in [2.05, 4.69) is 20.5 Å². The Morgan fingerprint density at radius 1 is 1.18 bits per heavy atom. The molecule has 0 aliphatic carbocycles. The van der Waals surface area contributed by atoms with Gasteiger partial charge in [0.25, 0.3) is 6.01 Å². The molecule has 1 N–H and O–H groups in total. The van der Waals surface area contributed by atoms with Gasteiger partial charge in [-0.3, -0.25) is 0 Å². The maximum atomic E-state index is 11.9. The summed E-state index contributed by atoms with van der Waals surface area (Å²) in [5, 5.41) is 10.4. The standard InChI is InChI=1S/C19H17ClN6O2/c1-12-4-3-5-17(26-18(27)22-23-24-26)15(12)11-28-19-21-16(10-25(19)2)13-6-8-14(20)9-7-13/h3-10H,11H2,1-2H3,(H,22,24,27). The molecule has 2 aromatic carbocycles. The topological polar surface area (TPSA) is 90.6 Å². The average molecular weight is 397 g/mol. The molecule has 0 fully saturated rings. The van der Waals surface area contributed by atoms with Crippen LogP contribution in [0, 0.1) is 6.92 Å². The number of hydrogen-bond acceptors (Lipinski definition) is 5. The molecule has 0 aliphatic heterocycles. The first kappa shape index (κ1) is 18.0. The molecule has 0 aliphatic rings. The summed E-state index contributed by atoms with van der Waals surface area (Å²) in [4.78, 5) is 16.5. The first-order valence-electron chi connectivity index (χ1n) is 8.54. The predicted molar refractivity (Wildman–Crippen MR) is 105 cm³/mol. The van der Waals surface area contributed by atoms with Crippen molar-refractivity contribution >= 4 is 11.6 Å². The highest BCUT2D eigenvalue weighted by molar-refractivity contribution is 6.30. The van der Waals surface area contributed by atoms with E-state index in [1.165, 1.54) is 4.68 Å². The van der Waals surface area contributed by atoms with Gasteiger partial charge in [-0.15, -0.1) is 0 Å². The SMILES string of the molecule is Cc1cccc(-n2nn[nH]c2=O)c1COc1nc(-c2ccc(Cl)cc2)cn1C. The number of imidazole rings is 1. The molecule has 0 radical (unpaired) electrons. The number of halogens is 1. The summed E-state index contributed by atoms with van der Waals surface area (Å²) in [6.07, 6.45) is 1.89. The fourth-order valence-electron chi connectivity index (χ4n) is 2.91. The van der Waals surface area contributed by atoms with E-state index in [0.29, 0.717) is 16.7 Å². The van der Waals surface area contributed by atoms with E-state index < -0.39 is 5.69 Å². The van der Waals surface area contributed by atoms with Crippen LogP contribution < -0.4 is 10.4 Å². The third-order valence-corrected chi connectivity index (χ3v) is 4.66. The molecule has 0 amide bonds. The molecule has 28 heavy (non-hydrogen) atoms. The van der Waals surface area contributed by atoms with Crippen molar-refractivity contribution in [3.8, 4) is 23.0 Å². The summed E-state index contributed by atoms with van der Waals surface area (Å²) in [5.41, 5.74) is 3.74. The number of tetrazole rings is 1. The van der Waals surface area contributed by atoms with Gasteiger partial charge in [0.2, 0.25) is 0 Å². The first-order valence-corrected chi connectivity index (χ1v) is 8.92. The second-order valence-corrected chi connectivity index (χ2v) is 6.74. The Morgan fingerprint density at radius 3 is 2.68 bits per heavy atom. The molecule has 4 aromatic rings. The van der Waals surface area contributed by atoms with Crippen molar-refractivity contribution in [2.75, 3.05) is 0 Å². The molecule has 8 nitrogen and oxygen atoms in total. The van der Waals surface area contributed by atoms with Crippen molar-refractivity contribution in [1.29, 1.82) is 0 Å². The van der Waals surface area contributed by atoms with Crippen LogP contribution in [0.3, 0.4) is 0 Å². The summed E-state index contributed by atoms with van der Waals surface area (Å²) in [5.74, 6) is 0. The largest absolute Gasteiger partial charge is 0.460 e. The van der Waals surface area contributed by atoms with E-state index in [1.807, 2.05) is 61.1 Å². The molecule has 9 heteroatoms. The highest BCUT2D eigenvalue weighted by Gasteiger charge is 2.14. The van der Waals surface area contributed by atoms with Gasteiger partial charge in [-0.25, -0.2) is 9.89 Å². The highest BCUT2D eigenvalue weighted by Crippen LogP contribution is 2.24. The molecule has 0 saturated carbocycles. The van der Waals surface area contributed by atoms with E-state index in [1.54, 1.807) is 6.07 Å². The van der Waals surface area contributed by atoms with Crippen LogP contribution in [0.5, 0.6) is 6.01 Å². The van der Waals surface area contributed by atoms with Gasteiger partial charge >= 0.3 is 5.69 Å². The highest BCUT2D eigenvalue weighted by atomic mass is 35.5. The number of nitrogens with zero attached hydrogens (tertiary/aromatic N) is 5. The maximum Gasteiger partial charge on any atom is 0.365 e. The minimum absolute atomic E-state index is 0.228. The molecule has 142 valence electrons. The van der Waals surface area contributed by atoms with Gasteiger partial charge < -0.3 is 9.30 Å². The molecule has 0 atom stereocenters. The summed E-state index contributed by atoms with van der Waals surface area (Å²) < 4.78 is 8.98. The molecule has 0 saturated heterocycles. The molecule has 0 bridgehead atoms. The predicted octanol–water partition coefficient (Wildman–Crippen LogP) is 2.90. The Hall–Kier alpha value is -3.39. The lowest BCUT2D eigenvalue weighted by molar-refractivity contribution is 0.270. The van der Waals surface area contributed by atoms with Crippen molar-refractivity contribution < 1.29 is 4.74 Å². The average Bonchev–Trinajstić information content (AvgIpc) is 3.27. The van der Waals surface area contributed by atoms with Crippen LogP contribution in [0.25, 0.3) is 16.9 Å². The number of benzene rings is 2. The van der Waals surface area contributed by atoms with Gasteiger partial charge in [0.05, 0.1) is 11.4 Å². The minimum Gasteiger partial charge on any atom is -0.460 e. The van der Waals surface area contributed by atoms with Crippen LogP contribution in [-0.2, 0) is 13.7 Å². The molecular weight excluding hydrogens is 380 g/mol. The number of aromatic amines is 1. The maximum absolute atomic E-state index is 11.9. The zero-order chi connectivity index (χ0) is 19.7. The third-order valence-electron chi connectivity index (χ3n) is 4.41. The lowest BCUT2D eigenvalue weighted by atomic mass is 10.1. The molecular formula is C19H17ClN6O2. The Balaban J connectivity index is 1.62. The second kappa shape index (κ2) is 7.32. The molecule has 2 aromatic heterocycles. The Labute approximate surface area is 165 Å². The molecule has 4 rings (SSSR count). The number of rotatable bonds is 5. The van der Waals surface area contributed by atoms with Crippen molar-refractivity contribution in [1.82, 2.24) is 29.8 Å². The molecule has 0 unspecified atom stereocenters. The summed E-state index contributed by atoms with van der Waals surface area (Å²) >= 11 is 5.95. The van der Waals surface area contributed by atoms with E-state index >= 15 is 0 Å². The minimum atomic E-state index is -0.408. The van der Waals surface area contributed by atoms with E-state index in [-0.39, 0.29) is 6.61 Å². The summed E-state index contributed by atoms with van der Waals surface area (Å²) in [7, 11) is 1.86. The van der Waals surface area contributed by atoms with Crippen LogP contribution in [0.2, 0.25) is 5.02 Å². The van der Waals surface area contributed by atoms with Crippen molar-refractivity contribution in [2.45, 2.75) is 13.5 Å². The van der Waals surface area contributed by atoms with Gasteiger partial charge in [0.15, 0.2) is 0 Å². The van der Waals surface area contributed by atoms with Gasteiger partial charge in [0.1, 0.15) is 6.61 Å². The Morgan fingerprint density at radius 2 is 1.96 bits per heavy atom. The Kier molecular flexibility index (Phi) is 4.70. The van der Waals surface area contributed by atoms with Crippen LogP contribution in [0.1, 0.15) is 11.1 Å². The van der Waals surface area contributed by atoms with Crippen LogP contribution in [0.15, 0.2) is 53.5 Å². The van der Waals surface area contributed by atoms with Crippen molar-refractivity contribution in [3.05, 3.63) is 75.3 Å². The lowest BCUT2D eigenvalue weighted by Crippen LogP contribution is -2.18. The molecule has 2 heterocycles. The van der Waals surface area contributed by atoms with Crippen LogP contribution in [0.4, 0.5) is 0 Å². The Bertz CT molecular complexity index is 1180. The number of aromatic nitrogens is 6. The van der Waals surface area contributed by atoms with Gasteiger partial charge in [-0.2, -0.15) is 9.67 Å².